The number of hydrogen-bond acceptors (Lipinski definition) is 4. The van der Waals surface area contributed by atoms with Gasteiger partial charge in [-0.25, -0.2) is 10.8 Å². The lowest BCUT2D eigenvalue weighted by Crippen LogP contribution is -2.10. The Labute approximate surface area is 84.9 Å². The molecule has 0 aliphatic carbocycles. The van der Waals surface area contributed by atoms with Gasteiger partial charge in [-0.2, -0.15) is 0 Å². The Morgan fingerprint density at radius 3 is 2.71 bits per heavy atom. The lowest BCUT2D eigenvalue weighted by molar-refractivity contribution is 0.606. The topological polar surface area (TPSA) is 63.0 Å². The van der Waals surface area contributed by atoms with Crippen LogP contribution < -0.4 is 16.6 Å². The summed E-state index contributed by atoms with van der Waals surface area (Å²) in [6, 6.07) is 5.68. The Hall–Kier alpha value is -1.29. The van der Waals surface area contributed by atoms with Crippen molar-refractivity contribution in [1.82, 2.24) is 4.98 Å². The SMILES string of the molecule is CC(C)CCNc1cccc(NN)n1. The van der Waals surface area contributed by atoms with Crippen LogP contribution in [-0.4, -0.2) is 11.5 Å². The van der Waals surface area contributed by atoms with Gasteiger partial charge in [0, 0.05) is 6.54 Å². The van der Waals surface area contributed by atoms with E-state index in [2.05, 4.69) is 29.6 Å². The minimum atomic E-state index is 0.680. The number of nitrogens with two attached hydrogens (primary N) is 1. The van der Waals surface area contributed by atoms with Crippen molar-refractivity contribution < 1.29 is 0 Å². The van der Waals surface area contributed by atoms with Gasteiger partial charge in [0.1, 0.15) is 11.6 Å². The van der Waals surface area contributed by atoms with Crippen molar-refractivity contribution in [2.24, 2.45) is 11.8 Å². The molecule has 4 nitrogen and oxygen atoms in total. The number of nitrogen functional groups attached to an aromatic ring is 1. The number of nitrogens with one attached hydrogen (secondary N) is 2. The molecule has 0 spiro atoms. The summed E-state index contributed by atoms with van der Waals surface area (Å²) >= 11 is 0. The Morgan fingerprint density at radius 1 is 1.36 bits per heavy atom. The standard InChI is InChI=1S/C10H18N4/c1-8(2)6-7-12-9-4-3-5-10(13-9)14-11/h3-5,8H,6-7,11H2,1-2H3,(H2,12,13,14). The van der Waals surface area contributed by atoms with Gasteiger partial charge in [-0.3, -0.25) is 0 Å². The average molecular weight is 194 g/mol. The van der Waals surface area contributed by atoms with E-state index in [9.17, 15) is 0 Å². The summed E-state index contributed by atoms with van der Waals surface area (Å²) in [4.78, 5) is 4.24. The molecule has 0 unspecified atom stereocenters. The van der Waals surface area contributed by atoms with E-state index in [-0.39, 0.29) is 0 Å². The Bertz CT molecular complexity index is 273. The summed E-state index contributed by atoms with van der Waals surface area (Å²) in [6.45, 7) is 5.35. The zero-order valence-electron chi connectivity index (χ0n) is 8.75. The summed E-state index contributed by atoms with van der Waals surface area (Å²) in [7, 11) is 0. The number of aromatic nitrogens is 1. The summed E-state index contributed by atoms with van der Waals surface area (Å²) in [5, 5.41) is 3.24. The lowest BCUT2D eigenvalue weighted by atomic mass is 10.1. The molecule has 1 heterocycles. The largest absolute Gasteiger partial charge is 0.370 e. The number of pyridine rings is 1. The number of hydrazine groups is 1. The van der Waals surface area contributed by atoms with E-state index >= 15 is 0 Å². The smallest absolute Gasteiger partial charge is 0.142 e. The molecule has 0 bridgehead atoms. The van der Waals surface area contributed by atoms with Gasteiger partial charge < -0.3 is 10.7 Å². The van der Waals surface area contributed by atoms with Crippen molar-refractivity contribution in [1.29, 1.82) is 0 Å². The van der Waals surface area contributed by atoms with E-state index in [1.807, 2.05) is 18.2 Å². The lowest BCUT2D eigenvalue weighted by Gasteiger charge is -2.08. The summed E-state index contributed by atoms with van der Waals surface area (Å²) < 4.78 is 0. The van der Waals surface area contributed by atoms with Gasteiger partial charge in [0.2, 0.25) is 0 Å². The molecule has 4 heteroatoms. The zero-order valence-corrected chi connectivity index (χ0v) is 8.75. The van der Waals surface area contributed by atoms with Crippen LogP contribution in [0.5, 0.6) is 0 Å². The predicted molar refractivity (Wildman–Crippen MR) is 60.0 cm³/mol. The van der Waals surface area contributed by atoms with Crippen molar-refractivity contribution in [3.8, 4) is 0 Å². The first-order valence-corrected chi connectivity index (χ1v) is 4.90. The molecule has 0 fully saturated rings. The molecule has 0 atom stereocenters. The van der Waals surface area contributed by atoms with Crippen molar-refractivity contribution in [3.63, 3.8) is 0 Å². The van der Waals surface area contributed by atoms with Crippen LogP contribution in [0.3, 0.4) is 0 Å². The molecule has 78 valence electrons. The van der Waals surface area contributed by atoms with Gasteiger partial charge in [-0.05, 0) is 24.5 Å². The van der Waals surface area contributed by atoms with Crippen LogP contribution in [0.1, 0.15) is 20.3 Å². The molecule has 0 saturated heterocycles. The van der Waals surface area contributed by atoms with Gasteiger partial charge in [-0.1, -0.05) is 19.9 Å². The minimum absolute atomic E-state index is 0.680. The van der Waals surface area contributed by atoms with Crippen molar-refractivity contribution >= 4 is 11.6 Å². The number of hydrogen-bond donors (Lipinski definition) is 3. The highest BCUT2D eigenvalue weighted by Crippen LogP contribution is 2.08. The van der Waals surface area contributed by atoms with Gasteiger partial charge in [-0.15, -0.1) is 0 Å². The van der Waals surface area contributed by atoms with Crippen LogP contribution in [0.2, 0.25) is 0 Å². The van der Waals surface area contributed by atoms with Crippen LogP contribution >= 0.6 is 0 Å². The maximum atomic E-state index is 5.26. The fourth-order valence-electron chi connectivity index (χ4n) is 1.10. The molecule has 1 rings (SSSR count). The van der Waals surface area contributed by atoms with Crippen molar-refractivity contribution in [3.05, 3.63) is 18.2 Å². The molecule has 0 aliphatic heterocycles. The van der Waals surface area contributed by atoms with Crippen LogP contribution in [0.15, 0.2) is 18.2 Å². The van der Waals surface area contributed by atoms with E-state index in [1.54, 1.807) is 0 Å². The minimum Gasteiger partial charge on any atom is -0.370 e. The molecule has 0 amide bonds. The van der Waals surface area contributed by atoms with Gasteiger partial charge in [0.25, 0.3) is 0 Å². The highest BCUT2D eigenvalue weighted by atomic mass is 15.3. The van der Waals surface area contributed by atoms with Gasteiger partial charge in [0.15, 0.2) is 0 Å². The first-order chi connectivity index (χ1) is 6.72. The molecule has 0 aromatic carbocycles. The molecule has 4 N–H and O–H groups in total. The summed E-state index contributed by atoms with van der Waals surface area (Å²) in [5.41, 5.74) is 2.52. The number of nitrogens with zero attached hydrogens (tertiary/aromatic N) is 1. The molecule has 1 aromatic rings. The Balaban J connectivity index is 2.42. The van der Waals surface area contributed by atoms with E-state index in [1.165, 1.54) is 0 Å². The van der Waals surface area contributed by atoms with E-state index in [0.29, 0.717) is 11.7 Å². The monoisotopic (exact) mass is 194 g/mol. The van der Waals surface area contributed by atoms with Gasteiger partial charge >= 0.3 is 0 Å². The van der Waals surface area contributed by atoms with Crippen LogP contribution in [0.4, 0.5) is 11.6 Å². The quantitative estimate of drug-likeness (QED) is 0.494. The zero-order chi connectivity index (χ0) is 10.4. The second-order valence-electron chi connectivity index (χ2n) is 3.66. The van der Waals surface area contributed by atoms with Crippen molar-refractivity contribution in [2.75, 3.05) is 17.3 Å². The molecule has 0 saturated carbocycles. The second kappa shape index (κ2) is 5.44. The third-order valence-corrected chi connectivity index (χ3v) is 1.92. The van der Waals surface area contributed by atoms with Crippen molar-refractivity contribution in [2.45, 2.75) is 20.3 Å². The normalized spacial score (nSPS) is 10.3. The second-order valence-corrected chi connectivity index (χ2v) is 3.66. The average Bonchev–Trinajstić information content (AvgIpc) is 2.18. The Kier molecular flexibility index (Phi) is 4.19. The van der Waals surface area contributed by atoms with Crippen LogP contribution in [0, 0.1) is 5.92 Å². The maximum absolute atomic E-state index is 5.26. The molecule has 1 aromatic heterocycles. The maximum Gasteiger partial charge on any atom is 0.142 e. The van der Waals surface area contributed by atoms with E-state index < -0.39 is 0 Å². The Morgan fingerprint density at radius 2 is 2.07 bits per heavy atom. The molecular formula is C10H18N4. The van der Waals surface area contributed by atoms with E-state index in [4.69, 9.17) is 5.84 Å². The summed E-state index contributed by atoms with van der Waals surface area (Å²) in [5.74, 6) is 7.50. The predicted octanol–water partition coefficient (Wildman–Crippen LogP) is 1.83. The van der Waals surface area contributed by atoms with Crippen LogP contribution in [0.25, 0.3) is 0 Å². The first kappa shape index (κ1) is 10.8. The molecule has 0 aliphatic rings. The molecular weight excluding hydrogens is 176 g/mol. The first-order valence-electron chi connectivity index (χ1n) is 4.90. The fraction of sp³-hybridized carbons (Fsp3) is 0.500. The fourth-order valence-corrected chi connectivity index (χ4v) is 1.10. The van der Waals surface area contributed by atoms with Crippen LogP contribution in [-0.2, 0) is 0 Å². The number of anilines is 2. The van der Waals surface area contributed by atoms with E-state index in [0.717, 1.165) is 18.8 Å². The highest BCUT2D eigenvalue weighted by molar-refractivity contribution is 5.44. The third-order valence-electron chi connectivity index (χ3n) is 1.92. The number of rotatable bonds is 5. The summed E-state index contributed by atoms with van der Waals surface area (Å²) in [6.07, 6.45) is 1.14. The van der Waals surface area contributed by atoms with Gasteiger partial charge in [0.05, 0.1) is 0 Å². The highest BCUT2D eigenvalue weighted by Gasteiger charge is 1.96. The third kappa shape index (κ3) is 3.62. The molecule has 14 heavy (non-hydrogen) atoms. The molecule has 0 radical (unpaired) electrons.